The third-order valence-electron chi connectivity index (χ3n) is 3.16. The van der Waals surface area contributed by atoms with Crippen molar-refractivity contribution in [3.8, 4) is 11.8 Å². The topological polar surface area (TPSA) is 46.3 Å². The van der Waals surface area contributed by atoms with Crippen LogP contribution in [0.5, 0.6) is 0 Å². The summed E-state index contributed by atoms with van der Waals surface area (Å²) in [5.74, 6) is 6.87. The van der Waals surface area contributed by atoms with Gasteiger partial charge in [-0.3, -0.25) is 4.79 Å². The van der Waals surface area contributed by atoms with Crippen molar-refractivity contribution in [1.82, 2.24) is 4.90 Å². The van der Waals surface area contributed by atoms with Crippen LogP contribution in [-0.4, -0.2) is 40.9 Å². The van der Waals surface area contributed by atoms with E-state index in [0.717, 1.165) is 24.4 Å². The van der Waals surface area contributed by atoms with Crippen molar-refractivity contribution in [2.45, 2.75) is 18.6 Å². The van der Waals surface area contributed by atoms with Gasteiger partial charge in [0.25, 0.3) is 5.91 Å². The lowest BCUT2D eigenvalue weighted by molar-refractivity contribution is 0.0748. The Kier molecular flexibility index (Phi) is 4.74. The molecule has 0 spiro atoms. The number of hydrogen-bond donors (Lipinski definition) is 1. The van der Waals surface area contributed by atoms with Crippen LogP contribution in [0.2, 0.25) is 0 Å². The van der Waals surface area contributed by atoms with Gasteiger partial charge in [0.2, 0.25) is 0 Å². The van der Waals surface area contributed by atoms with Crippen LogP contribution in [0.15, 0.2) is 24.3 Å². The highest BCUT2D eigenvalue weighted by Gasteiger charge is 2.30. The van der Waals surface area contributed by atoms with Gasteiger partial charge < -0.3 is 10.6 Å². The Morgan fingerprint density at radius 1 is 1.50 bits per heavy atom. The third-order valence-corrected chi connectivity index (χ3v) is 4.45. The molecular formula is C16H20N2OS. The number of carbonyl (C=O) groups is 1. The molecule has 0 radical (unpaired) electrons. The predicted molar refractivity (Wildman–Crippen MR) is 84.8 cm³/mol. The molecule has 1 aromatic rings. The van der Waals surface area contributed by atoms with Gasteiger partial charge in [-0.1, -0.05) is 17.9 Å². The molecule has 106 valence electrons. The van der Waals surface area contributed by atoms with E-state index in [-0.39, 0.29) is 10.7 Å². The molecule has 1 aliphatic heterocycles. The fraction of sp³-hybridized carbons (Fsp3) is 0.438. The summed E-state index contributed by atoms with van der Waals surface area (Å²) in [6.45, 7) is 6.29. The van der Waals surface area contributed by atoms with E-state index < -0.39 is 0 Å². The van der Waals surface area contributed by atoms with Crippen molar-refractivity contribution in [2.75, 3.05) is 25.4 Å². The zero-order chi connectivity index (χ0) is 14.6. The lowest BCUT2D eigenvalue weighted by Crippen LogP contribution is -2.46. The molecule has 0 unspecified atom stereocenters. The van der Waals surface area contributed by atoms with Gasteiger partial charge in [-0.05, 0) is 32.0 Å². The van der Waals surface area contributed by atoms with E-state index in [9.17, 15) is 4.79 Å². The highest BCUT2D eigenvalue weighted by molar-refractivity contribution is 8.00. The molecule has 0 bridgehead atoms. The van der Waals surface area contributed by atoms with E-state index >= 15 is 0 Å². The Morgan fingerprint density at radius 3 is 3.00 bits per heavy atom. The smallest absolute Gasteiger partial charge is 0.253 e. The van der Waals surface area contributed by atoms with Gasteiger partial charge in [0.05, 0.1) is 6.54 Å². The summed E-state index contributed by atoms with van der Waals surface area (Å²) in [5, 5.41) is 0. The summed E-state index contributed by atoms with van der Waals surface area (Å²) in [6, 6.07) is 7.47. The predicted octanol–water partition coefficient (Wildman–Crippen LogP) is 1.96. The Bertz CT molecular complexity index is 557. The van der Waals surface area contributed by atoms with Crippen molar-refractivity contribution in [3.63, 3.8) is 0 Å². The van der Waals surface area contributed by atoms with Crippen LogP contribution in [0.4, 0.5) is 0 Å². The summed E-state index contributed by atoms with van der Waals surface area (Å²) >= 11 is 1.92. The van der Waals surface area contributed by atoms with Gasteiger partial charge >= 0.3 is 0 Å². The molecule has 1 saturated heterocycles. The normalized spacial score (nSPS) is 17.2. The lowest BCUT2D eigenvalue weighted by atomic mass is 10.1. The van der Waals surface area contributed by atoms with Crippen LogP contribution in [0, 0.1) is 11.8 Å². The van der Waals surface area contributed by atoms with Crippen molar-refractivity contribution in [1.29, 1.82) is 0 Å². The molecule has 1 aromatic carbocycles. The van der Waals surface area contributed by atoms with Crippen LogP contribution in [-0.2, 0) is 0 Å². The highest BCUT2D eigenvalue weighted by atomic mass is 32.2. The third kappa shape index (κ3) is 3.78. The van der Waals surface area contributed by atoms with Crippen LogP contribution in [0.25, 0.3) is 0 Å². The number of hydrogen-bond acceptors (Lipinski definition) is 3. The maximum atomic E-state index is 12.6. The quantitative estimate of drug-likeness (QED) is 0.804. The molecule has 2 N–H and O–H groups in total. The fourth-order valence-corrected chi connectivity index (χ4v) is 3.37. The Hall–Kier alpha value is -1.44. The second-order valence-corrected chi connectivity index (χ2v) is 7.22. The van der Waals surface area contributed by atoms with Crippen molar-refractivity contribution in [3.05, 3.63) is 35.4 Å². The van der Waals surface area contributed by atoms with Gasteiger partial charge in [0.1, 0.15) is 0 Å². The summed E-state index contributed by atoms with van der Waals surface area (Å²) in [6.07, 6.45) is 0. The number of amides is 1. The number of carbonyl (C=O) groups excluding carboxylic acids is 1. The zero-order valence-electron chi connectivity index (χ0n) is 12.0. The number of nitrogens with zero attached hydrogens (tertiary/aromatic N) is 1. The van der Waals surface area contributed by atoms with Crippen LogP contribution < -0.4 is 5.73 Å². The van der Waals surface area contributed by atoms with E-state index in [1.54, 1.807) is 0 Å². The first-order valence-corrected chi connectivity index (χ1v) is 7.73. The number of rotatable bonds is 1. The van der Waals surface area contributed by atoms with Gasteiger partial charge in [-0.25, -0.2) is 0 Å². The number of thioether (sulfide) groups is 1. The van der Waals surface area contributed by atoms with E-state index in [4.69, 9.17) is 5.73 Å². The minimum atomic E-state index is 0.0924. The van der Waals surface area contributed by atoms with Gasteiger partial charge in [-0.15, -0.1) is 0 Å². The van der Waals surface area contributed by atoms with Gasteiger partial charge in [0.15, 0.2) is 0 Å². The molecule has 0 aliphatic carbocycles. The van der Waals surface area contributed by atoms with E-state index in [2.05, 4.69) is 25.7 Å². The average molecular weight is 288 g/mol. The summed E-state index contributed by atoms with van der Waals surface area (Å²) in [5.41, 5.74) is 6.91. The Morgan fingerprint density at radius 2 is 2.30 bits per heavy atom. The maximum absolute atomic E-state index is 12.6. The van der Waals surface area contributed by atoms with Gasteiger partial charge in [-0.2, -0.15) is 11.8 Å². The maximum Gasteiger partial charge on any atom is 0.253 e. The fourth-order valence-electron chi connectivity index (χ4n) is 2.26. The molecule has 2 rings (SSSR count). The molecule has 1 heterocycles. The molecule has 1 amide bonds. The number of nitrogens with two attached hydrogens (primary N) is 1. The first-order chi connectivity index (χ1) is 9.52. The summed E-state index contributed by atoms with van der Waals surface area (Å²) in [7, 11) is 0. The highest BCUT2D eigenvalue weighted by Crippen LogP contribution is 2.30. The monoisotopic (exact) mass is 288 g/mol. The second kappa shape index (κ2) is 6.34. The van der Waals surface area contributed by atoms with Crippen molar-refractivity contribution in [2.24, 2.45) is 5.73 Å². The molecule has 20 heavy (non-hydrogen) atoms. The van der Waals surface area contributed by atoms with Crippen LogP contribution in [0.1, 0.15) is 29.8 Å². The summed E-state index contributed by atoms with van der Waals surface area (Å²) in [4.78, 5) is 14.5. The van der Waals surface area contributed by atoms with E-state index in [0.29, 0.717) is 12.1 Å². The zero-order valence-corrected chi connectivity index (χ0v) is 12.8. The minimum Gasteiger partial charge on any atom is -0.336 e. The van der Waals surface area contributed by atoms with Gasteiger partial charge in [0, 0.05) is 34.7 Å². The minimum absolute atomic E-state index is 0.0924. The first-order valence-electron chi connectivity index (χ1n) is 6.74. The first kappa shape index (κ1) is 15.0. The molecule has 0 atom stereocenters. The molecule has 4 heteroatoms. The van der Waals surface area contributed by atoms with Crippen LogP contribution >= 0.6 is 11.8 Å². The Labute approximate surface area is 124 Å². The Balaban J connectivity index is 2.16. The molecular weight excluding hydrogens is 268 g/mol. The van der Waals surface area contributed by atoms with E-state index in [1.165, 1.54) is 0 Å². The molecule has 0 saturated carbocycles. The standard InChI is InChI=1S/C16H20N2OS/c1-16(2)12-18(9-10-20-16)15(19)14-7-3-5-13(11-14)6-4-8-17/h3,5,7,11H,8-10,12,17H2,1-2H3. The van der Waals surface area contributed by atoms with E-state index in [1.807, 2.05) is 40.9 Å². The van der Waals surface area contributed by atoms with Crippen LogP contribution in [0.3, 0.4) is 0 Å². The molecule has 1 aliphatic rings. The molecule has 3 nitrogen and oxygen atoms in total. The van der Waals surface area contributed by atoms with Crippen molar-refractivity contribution >= 4 is 17.7 Å². The lowest BCUT2D eigenvalue weighted by Gasteiger charge is -2.37. The number of benzene rings is 1. The summed E-state index contributed by atoms with van der Waals surface area (Å²) < 4.78 is 0.130. The average Bonchev–Trinajstić information content (AvgIpc) is 2.43. The molecule has 0 aromatic heterocycles. The largest absolute Gasteiger partial charge is 0.336 e. The molecule has 1 fully saturated rings. The van der Waals surface area contributed by atoms with Crippen molar-refractivity contribution < 1.29 is 4.79 Å². The second-order valence-electron chi connectivity index (χ2n) is 5.42. The SMILES string of the molecule is CC1(C)CN(C(=O)c2cccc(C#CCN)c2)CCS1.